The van der Waals surface area contributed by atoms with Gasteiger partial charge in [0.1, 0.15) is 5.82 Å². The average molecular weight is 964 g/mol. The van der Waals surface area contributed by atoms with Gasteiger partial charge in [-0.05, 0) is 62.4 Å². The molecule has 7 aromatic carbocycles. The molecule has 0 aliphatic carbocycles. The summed E-state index contributed by atoms with van der Waals surface area (Å²) in [7, 11) is 0. The topological polar surface area (TPSA) is 35.0 Å². The molecule has 5 nitrogen and oxygen atoms in total. The molecular weight excluding hydrogens is 927 g/mol. The third kappa shape index (κ3) is 5.88. The summed E-state index contributed by atoms with van der Waals surface area (Å²) < 4.78 is 13.4. The van der Waals surface area contributed by atoms with Crippen LogP contribution in [0.3, 0.4) is 0 Å². The number of pyridine rings is 1. The van der Waals surface area contributed by atoms with Gasteiger partial charge in [-0.3, -0.25) is 0 Å². The Morgan fingerprint density at radius 3 is 2.10 bits per heavy atom. The SMILES string of the molecule is CC(C)(C)c1ccnc(-n2c3[c-]c(Oc4[c-]c([N+]5=[C-]B6C(=C5)c5ccccc5-c5cccc7c8cccc(-c9ccccc9)c8n6c57)ccc4)ccc3c3ccccc32)c1.[Pt]. The molecule has 0 unspecified atom stereocenters. The van der Waals surface area contributed by atoms with Gasteiger partial charge in [0.15, 0.2) is 0 Å². The van der Waals surface area contributed by atoms with Crippen LogP contribution in [-0.4, -0.2) is 31.6 Å². The van der Waals surface area contributed by atoms with Crippen LogP contribution < -0.4 is 4.74 Å². The predicted octanol–water partition coefficient (Wildman–Crippen LogP) is 12.9. The Morgan fingerprint density at radius 1 is 0.607 bits per heavy atom. The third-order valence-corrected chi connectivity index (χ3v) is 12.2. The molecule has 0 fully saturated rings. The van der Waals surface area contributed by atoms with Gasteiger partial charge in [-0.25, -0.2) is 4.98 Å². The molecule has 0 atom stereocenters. The molecule has 0 bridgehead atoms. The van der Waals surface area contributed by atoms with Crippen molar-refractivity contribution in [3.05, 3.63) is 193 Å². The maximum atomic E-state index is 6.62. The van der Waals surface area contributed by atoms with Crippen LogP contribution in [0.1, 0.15) is 31.9 Å². The molecule has 0 radical (unpaired) electrons. The van der Waals surface area contributed by atoms with Crippen molar-refractivity contribution in [3.63, 3.8) is 0 Å². The first-order valence-electron chi connectivity index (χ1n) is 20.5. The number of fused-ring (bicyclic) bond motifs is 11. The smallest absolute Gasteiger partial charge is 0.317 e. The van der Waals surface area contributed by atoms with Gasteiger partial charge in [-0.15, -0.1) is 29.7 Å². The van der Waals surface area contributed by atoms with Crippen LogP contribution in [-0.2, 0) is 26.5 Å². The van der Waals surface area contributed by atoms with E-state index in [2.05, 4.69) is 198 Å². The molecule has 294 valence electrons. The molecule has 2 aliphatic heterocycles. The fourth-order valence-corrected chi connectivity index (χ4v) is 9.38. The molecule has 10 aromatic rings. The van der Waals surface area contributed by atoms with Crippen LogP contribution in [0.15, 0.2) is 170 Å². The van der Waals surface area contributed by atoms with Crippen LogP contribution in [0.2, 0.25) is 0 Å². The van der Waals surface area contributed by atoms with E-state index < -0.39 is 0 Å². The zero-order valence-electron chi connectivity index (χ0n) is 33.8. The van der Waals surface area contributed by atoms with Crippen molar-refractivity contribution >= 4 is 67.7 Å². The number of ether oxygens (including phenoxy) is 1. The Balaban J connectivity index is 0.00000420. The van der Waals surface area contributed by atoms with E-state index in [1.54, 1.807) is 0 Å². The second-order valence-corrected chi connectivity index (χ2v) is 16.8. The van der Waals surface area contributed by atoms with Crippen LogP contribution in [0.4, 0.5) is 5.69 Å². The second kappa shape index (κ2) is 14.2. The molecular formula is C54H37BN4OPt-2. The van der Waals surface area contributed by atoms with E-state index in [4.69, 9.17) is 9.72 Å². The van der Waals surface area contributed by atoms with E-state index in [-0.39, 0.29) is 33.3 Å². The van der Waals surface area contributed by atoms with E-state index in [0.717, 1.165) is 33.3 Å². The summed E-state index contributed by atoms with van der Waals surface area (Å²) in [6, 6.07) is 63.0. The van der Waals surface area contributed by atoms with Crippen molar-refractivity contribution < 1.29 is 30.4 Å². The molecule has 5 heterocycles. The fourth-order valence-electron chi connectivity index (χ4n) is 9.38. The zero-order valence-corrected chi connectivity index (χ0v) is 36.0. The van der Waals surface area contributed by atoms with E-state index in [1.807, 2.05) is 24.4 Å². The summed E-state index contributed by atoms with van der Waals surface area (Å²) in [5.74, 6) is 2.05. The number of nitrogens with zero attached hydrogens (tertiary/aromatic N) is 4. The molecule has 0 spiro atoms. The van der Waals surface area contributed by atoms with Gasteiger partial charge in [0.2, 0.25) is 0 Å². The summed E-state index contributed by atoms with van der Waals surface area (Å²) in [6.45, 7) is 6.49. The quantitative estimate of drug-likeness (QED) is 0.0979. The van der Waals surface area contributed by atoms with Crippen molar-refractivity contribution in [1.82, 2.24) is 14.0 Å². The number of aromatic nitrogens is 3. The maximum absolute atomic E-state index is 6.62. The van der Waals surface area contributed by atoms with Gasteiger partial charge in [-0.2, -0.15) is 18.2 Å². The number of rotatable bonds is 5. The summed E-state index contributed by atoms with van der Waals surface area (Å²) in [6.07, 6.45) is 8.04. The monoisotopic (exact) mass is 963 g/mol. The minimum absolute atomic E-state index is 0. The molecule has 0 saturated carbocycles. The predicted molar refractivity (Wildman–Crippen MR) is 246 cm³/mol. The first-order chi connectivity index (χ1) is 29.4. The number of benzene rings is 7. The minimum Gasteiger partial charge on any atom is -0.510 e. The Bertz CT molecular complexity index is 3440. The summed E-state index contributed by atoms with van der Waals surface area (Å²) in [4.78, 5) is 4.85. The zero-order chi connectivity index (χ0) is 40.1. The fraction of sp³-hybridized carbons (Fsp3) is 0.0741. The van der Waals surface area contributed by atoms with E-state index in [0.29, 0.717) is 11.5 Å². The van der Waals surface area contributed by atoms with Gasteiger partial charge in [0, 0.05) is 77.2 Å². The molecule has 7 heteroatoms. The summed E-state index contributed by atoms with van der Waals surface area (Å²) in [5, 5.41) is 4.71. The summed E-state index contributed by atoms with van der Waals surface area (Å²) >= 11 is 0. The Labute approximate surface area is 369 Å². The van der Waals surface area contributed by atoms with Crippen molar-refractivity contribution in [3.8, 4) is 39.6 Å². The first kappa shape index (κ1) is 37.3. The molecule has 0 N–H and O–H groups in total. The molecule has 2 aliphatic rings. The van der Waals surface area contributed by atoms with Crippen LogP contribution in [0.5, 0.6) is 11.5 Å². The molecule has 12 rings (SSSR count). The Kier molecular flexibility index (Phi) is 8.66. The minimum atomic E-state index is -0.194. The van der Waals surface area contributed by atoms with Gasteiger partial charge < -0.3 is 18.4 Å². The van der Waals surface area contributed by atoms with Crippen LogP contribution in [0, 0.1) is 12.1 Å². The Hall–Kier alpha value is -6.75. The summed E-state index contributed by atoms with van der Waals surface area (Å²) in [5.41, 5.74) is 13.7. The average Bonchev–Trinajstić information content (AvgIpc) is 3.95. The second-order valence-electron chi connectivity index (χ2n) is 16.8. The van der Waals surface area contributed by atoms with Gasteiger partial charge >= 0.3 is 6.85 Å². The molecule has 3 aromatic heterocycles. The van der Waals surface area contributed by atoms with E-state index >= 15 is 0 Å². The molecule has 61 heavy (non-hydrogen) atoms. The van der Waals surface area contributed by atoms with Crippen molar-refractivity contribution in [1.29, 1.82) is 0 Å². The standard InChI is InChI=1S/C54H37BN4O.Pt/c1-54(2,3)36-28-29-56-51(30-36)58-49-25-10-9-20-43(49)44-27-26-39(32-50(44)58)60-38-17-11-16-37(31-38)57-33-48-42-19-8-7-18-41(42)45-22-13-24-47-46-23-12-21-40(35-14-5-4-6-15-35)52(46)59(53(45)47)55(48)34-57;/h4-30,33H,1-3H3;/q-2;. The molecule has 0 amide bonds. The van der Waals surface area contributed by atoms with Crippen molar-refractivity contribution in [2.75, 3.05) is 0 Å². The van der Waals surface area contributed by atoms with Gasteiger partial charge in [0.05, 0.1) is 12.3 Å². The number of hydrogen-bond acceptors (Lipinski definition) is 2. The van der Waals surface area contributed by atoms with E-state index in [1.165, 1.54) is 60.7 Å². The van der Waals surface area contributed by atoms with Crippen LogP contribution >= 0.6 is 0 Å². The van der Waals surface area contributed by atoms with E-state index in [9.17, 15) is 0 Å². The normalized spacial score (nSPS) is 13.2. The van der Waals surface area contributed by atoms with Crippen molar-refractivity contribution in [2.45, 2.75) is 26.2 Å². The third-order valence-electron chi connectivity index (χ3n) is 12.2. The molecule has 0 saturated heterocycles. The van der Waals surface area contributed by atoms with Crippen LogP contribution in [0.25, 0.3) is 77.2 Å². The number of para-hydroxylation sites is 3. The van der Waals surface area contributed by atoms with Crippen molar-refractivity contribution in [2.24, 2.45) is 0 Å². The Morgan fingerprint density at radius 2 is 1.28 bits per heavy atom. The van der Waals surface area contributed by atoms with Gasteiger partial charge in [-0.1, -0.05) is 135 Å². The number of hydrogen-bond donors (Lipinski definition) is 0. The largest absolute Gasteiger partial charge is 0.510 e. The first-order valence-corrected chi connectivity index (χ1v) is 20.5. The maximum Gasteiger partial charge on any atom is 0.317 e. The van der Waals surface area contributed by atoms with Gasteiger partial charge in [0.25, 0.3) is 0 Å².